The van der Waals surface area contributed by atoms with Crippen molar-refractivity contribution in [3.63, 3.8) is 0 Å². The molecule has 19 heavy (non-hydrogen) atoms. The number of hydrogen-bond donors (Lipinski definition) is 2. The first-order valence-corrected chi connectivity index (χ1v) is 5.81. The van der Waals surface area contributed by atoms with E-state index >= 15 is 0 Å². The lowest BCUT2D eigenvalue weighted by atomic mass is 10.3. The number of aromatic nitrogens is 3. The van der Waals surface area contributed by atoms with Crippen LogP contribution in [0, 0.1) is 0 Å². The van der Waals surface area contributed by atoms with Crippen molar-refractivity contribution in [2.24, 2.45) is 0 Å². The van der Waals surface area contributed by atoms with Gasteiger partial charge >= 0.3 is 5.97 Å². The Balaban J connectivity index is 1.78. The molecule has 1 saturated carbocycles. The molecule has 1 aliphatic carbocycles. The molecule has 1 fully saturated rings. The SMILES string of the molecule is O=C(O)c1[nH]nnc1Oc1cccc(OC2CC2)c1. The number of rotatable bonds is 5. The minimum Gasteiger partial charge on any atom is -0.490 e. The molecule has 98 valence electrons. The summed E-state index contributed by atoms with van der Waals surface area (Å²) in [5, 5.41) is 18.2. The van der Waals surface area contributed by atoms with Crippen molar-refractivity contribution < 1.29 is 19.4 Å². The Labute approximate surface area is 108 Å². The van der Waals surface area contributed by atoms with E-state index in [4.69, 9.17) is 14.6 Å². The van der Waals surface area contributed by atoms with E-state index in [1.807, 2.05) is 6.07 Å². The molecule has 0 radical (unpaired) electrons. The predicted octanol–water partition coefficient (Wildman–Crippen LogP) is 1.84. The Bertz CT molecular complexity index is 607. The lowest BCUT2D eigenvalue weighted by Gasteiger charge is -2.07. The number of nitrogens with one attached hydrogen (secondary N) is 1. The summed E-state index contributed by atoms with van der Waals surface area (Å²) < 4.78 is 11.0. The van der Waals surface area contributed by atoms with Gasteiger partial charge in [-0.25, -0.2) is 9.89 Å². The molecule has 7 heteroatoms. The molecule has 1 aromatic heterocycles. The fourth-order valence-corrected chi connectivity index (χ4v) is 1.53. The highest BCUT2D eigenvalue weighted by Crippen LogP contribution is 2.30. The topological polar surface area (TPSA) is 97.3 Å². The van der Waals surface area contributed by atoms with Gasteiger partial charge in [0.1, 0.15) is 11.5 Å². The highest BCUT2D eigenvalue weighted by atomic mass is 16.5. The molecule has 1 heterocycles. The lowest BCUT2D eigenvalue weighted by molar-refractivity contribution is 0.0687. The molecule has 1 aliphatic rings. The molecule has 0 aliphatic heterocycles. The minimum absolute atomic E-state index is 0.0731. The number of benzene rings is 1. The molecule has 7 nitrogen and oxygen atoms in total. The normalized spacial score (nSPS) is 14.1. The third-order valence-corrected chi connectivity index (χ3v) is 2.58. The van der Waals surface area contributed by atoms with Gasteiger partial charge in [-0.15, -0.1) is 0 Å². The first-order valence-electron chi connectivity index (χ1n) is 5.81. The summed E-state index contributed by atoms with van der Waals surface area (Å²) in [6.45, 7) is 0. The number of carboxylic acids is 1. The largest absolute Gasteiger partial charge is 0.490 e. The average Bonchev–Trinajstić information content (AvgIpc) is 3.05. The Morgan fingerprint density at radius 3 is 2.89 bits per heavy atom. The van der Waals surface area contributed by atoms with E-state index in [9.17, 15) is 4.79 Å². The fraction of sp³-hybridized carbons (Fsp3) is 0.250. The number of carboxylic acid groups (broad SMARTS) is 1. The molecular weight excluding hydrogens is 250 g/mol. The summed E-state index contributed by atoms with van der Waals surface area (Å²) in [6, 6.07) is 6.98. The number of aromatic amines is 1. The van der Waals surface area contributed by atoms with Gasteiger partial charge in [0.2, 0.25) is 5.69 Å². The van der Waals surface area contributed by atoms with Crippen molar-refractivity contribution in [3.05, 3.63) is 30.0 Å². The van der Waals surface area contributed by atoms with Crippen molar-refractivity contribution in [1.29, 1.82) is 0 Å². The van der Waals surface area contributed by atoms with Crippen molar-refractivity contribution in [1.82, 2.24) is 15.4 Å². The van der Waals surface area contributed by atoms with Crippen LogP contribution in [-0.2, 0) is 0 Å². The van der Waals surface area contributed by atoms with Crippen LogP contribution in [0.2, 0.25) is 0 Å². The van der Waals surface area contributed by atoms with Crippen LogP contribution < -0.4 is 9.47 Å². The number of H-pyrrole nitrogens is 1. The second-order valence-corrected chi connectivity index (χ2v) is 4.19. The summed E-state index contributed by atoms with van der Waals surface area (Å²) in [7, 11) is 0. The van der Waals surface area contributed by atoms with E-state index in [2.05, 4.69) is 15.4 Å². The van der Waals surface area contributed by atoms with E-state index < -0.39 is 5.97 Å². The van der Waals surface area contributed by atoms with E-state index in [-0.39, 0.29) is 17.7 Å². The summed E-state index contributed by atoms with van der Waals surface area (Å²) in [6.07, 6.45) is 2.42. The number of hydrogen-bond acceptors (Lipinski definition) is 5. The van der Waals surface area contributed by atoms with Crippen molar-refractivity contribution in [3.8, 4) is 17.4 Å². The molecule has 3 rings (SSSR count). The molecule has 2 N–H and O–H groups in total. The number of aromatic carboxylic acids is 1. The maximum atomic E-state index is 10.9. The van der Waals surface area contributed by atoms with Crippen molar-refractivity contribution >= 4 is 5.97 Å². The minimum atomic E-state index is -1.18. The van der Waals surface area contributed by atoms with Gasteiger partial charge in [0, 0.05) is 6.07 Å². The van der Waals surface area contributed by atoms with Crippen LogP contribution in [0.1, 0.15) is 23.3 Å². The third kappa shape index (κ3) is 2.65. The Kier molecular flexibility index (Phi) is 2.79. The predicted molar refractivity (Wildman–Crippen MR) is 63.5 cm³/mol. The van der Waals surface area contributed by atoms with Crippen molar-refractivity contribution in [2.75, 3.05) is 0 Å². The third-order valence-electron chi connectivity index (χ3n) is 2.58. The van der Waals surface area contributed by atoms with E-state index in [1.54, 1.807) is 18.2 Å². The molecule has 0 amide bonds. The Morgan fingerprint density at radius 1 is 1.37 bits per heavy atom. The van der Waals surface area contributed by atoms with E-state index in [1.165, 1.54) is 0 Å². The maximum Gasteiger partial charge on any atom is 0.359 e. The Morgan fingerprint density at radius 2 is 2.16 bits per heavy atom. The van der Waals surface area contributed by atoms with Gasteiger partial charge in [-0.2, -0.15) is 0 Å². The molecular formula is C12H11N3O4. The van der Waals surface area contributed by atoms with Crippen molar-refractivity contribution in [2.45, 2.75) is 18.9 Å². The van der Waals surface area contributed by atoms with Crippen LogP contribution in [0.3, 0.4) is 0 Å². The number of nitrogens with zero attached hydrogens (tertiary/aromatic N) is 2. The molecule has 0 saturated heterocycles. The fourth-order valence-electron chi connectivity index (χ4n) is 1.53. The van der Waals surface area contributed by atoms with Gasteiger partial charge in [0.05, 0.1) is 6.10 Å². The molecule has 1 aromatic carbocycles. The first kappa shape index (κ1) is 11.5. The molecule has 0 spiro atoms. The first-order chi connectivity index (χ1) is 9.22. The standard InChI is InChI=1S/C12H11N3O4/c16-12(17)10-11(14-15-13-10)19-9-3-1-2-8(6-9)18-7-4-5-7/h1-3,6-7H,4-5H2,(H,16,17)(H,13,14,15). The number of carbonyl (C=O) groups is 1. The smallest absolute Gasteiger partial charge is 0.359 e. The zero-order valence-corrected chi connectivity index (χ0v) is 9.87. The van der Waals surface area contributed by atoms with Gasteiger partial charge < -0.3 is 14.6 Å². The van der Waals surface area contributed by atoms with Gasteiger partial charge in [0.25, 0.3) is 5.88 Å². The molecule has 0 bridgehead atoms. The molecule has 0 atom stereocenters. The van der Waals surface area contributed by atoms with Crippen LogP contribution in [0.25, 0.3) is 0 Å². The van der Waals surface area contributed by atoms with Gasteiger partial charge in [-0.05, 0) is 25.0 Å². The monoisotopic (exact) mass is 261 g/mol. The summed E-state index contributed by atoms with van der Waals surface area (Å²) in [5.41, 5.74) is -0.187. The lowest BCUT2D eigenvalue weighted by Crippen LogP contribution is -2.00. The zero-order chi connectivity index (χ0) is 13.2. The number of ether oxygens (including phenoxy) is 2. The quantitative estimate of drug-likeness (QED) is 0.852. The van der Waals surface area contributed by atoms with E-state index in [0.717, 1.165) is 12.8 Å². The summed E-state index contributed by atoms with van der Waals surface area (Å²) in [4.78, 5) is 10.9. The summed E-state index contributed by atoms with van der Waals surface area (Å²) >= 11 is 0. The van der Waals surface area contributed by atoms with Crippen LogP contribution in [0.15, 0.2) is 24.3 Å². The van der Waals surface area contributed by atoms with Gasteiger partial charge in [-0.3, -0.25) is 0 Å². The molecule has 2 aromatic rings. The van der Waals surface area contributed by atoms with Crippen LogP contribution >= 0.6 is 0 Å². The zero-order valence-electron chi connectivity index (χ0n) is 9.87. The van der Waals surface area contributed by atoms with Gasteiger partial charge in [0.15, 0.2) is 0 Å². The highest BCUT2D eigenvalue weighted by Gasteiger charge is 2.23. The maximum absolute atomic E-state index is 10.9. The molecule has 0 unspecified atom stereocenters. The summed E-state index contributed by atoms with van der Waals surface area (Å²) in [5.74, 6) is -0.101. The van der Waals surface area contributed by atoms with E-state index in [0.29, 0.717) is 11.5 Å². The highest BCUT2D eigenvalue weighted by molar-refractivity contribution is 5.87. The van der Waals surface area contributed by atoms with Crippen LogP contribution in [-0.4, -0.2) is 32.6 Å². The van der Waals surface area contributed by atoms with Crippen LogP contribution in [0.4, 0.5) is 0 Å². The second kappa shape index (κ2) is 4.60. The Hall–Kier alpha value is -2.57. The van der Waals surface area contributed by atoms with Gasteiger partial charge in [-0.1, -0.05) is 16.4 Å². The second-order valence-electron chi connectivity index (χ2n) is 4.19. The average molecular weight is 261 g/mol. The van der Waals surface area contributed by atoms with Crippen LogP contribution in [0.5, 0.6) is 17.4 Å².